The molecule has 0 unspecified atom stereocenters. The van der Waals surface area contributed by atoms with Crippen LogP contribution in [0.2, 0.25) is 0 Å². The molecule has 2 aromatic rings. The van der Waals surface area contributed by atoms with Crippen molar-refractivity contribution in [3.63, 3.8) is 0 Å². The molecular formula is C21H23FN2O3. The second-order valence-corrected chi connectivity index (χ2v) is 6.68. The molecule has 2 amide bonds. The van der Waals surface area contributed by atoms with Crippen molar-refractivity contribution in [1.82, 2.24) is 10.2 Å². The van der Waals surface area contributed by atoms with E-state index < -0.39 is 5.92 Å². The number of methoxy groups -OCH3 is 1. The van der Waals surface area contributed by atoms with Crippen molar-refractivity contribution in [3.05, 3.63) is 65.5 Å². The summed E-state index contributed by atoms with van der Waals surface area (Å²) in [5.74, 6) is -0.204. The highest BCUT2D eigenvalue weighted by Gasteiger charge is 2.38. The SMILES string of the molecule is COc1ccc([C@@H]2[C@H](C(=O)NCc3ccccc3F)CCC(=O)N2C)cc1. The van der Waals surface area contributed by atoms with E-state index in [9.17, 15) is 14.0 Å². The maximum Gasteiger partial charge on any atom is 0.225 e. The molecule has 2 atom stereocenters. The molecular weight excluding hydrogens is 347 g/mol. The quantitative estimate of drug-likeness (QED) is 0.880. The molecule has 1 saturated heterocycles. The van der Waals surface area contributed by atoms with Crippen molar-refractivity contribution in [1.29, 1.82) is 0 Å². The van der Waals surface area contributed by atoms with Gasteiger partial charge in [-0.2, -0.15) is 0 Å². The molecule has 0 aromatic heterocycles. The Kier molecular flexibility index (Phi) is 5.74. The second kappa shape index (κ2) is 8.20. The third-order valence-electron chi connectivity index (χ3n) is 5.07. The summed E-state index contributed by atoms with van der Waals surface area (Å²) in [6.07, 6.45) is 0.782. The van der Waals surface area contributed by atoms with Crippen LogP contribution in [0.3, 0.4) is 0 Å². The van der Waals surface area contributed by atoms with E-state index in [2.05, 4.69) is 5.32 Å². The van der Waals surface area contributed by atoms with Crippen LogP contribution < -0.4 is 10.1 Å². The minimum atomic E-state index is -0.395. The van der Waals surface area contributed by atoms with Crippen LogP contribution in [0.1, 0.15) is 30.0 Å². The first-order valence-electron chi connectivity index (χ1n) is 8.92. The molecule has 1 N–H and O–H groups in total. The molecule has 0 spiro atoms. The highest BCUT2D eigenvalue weighted by atomic mass is 19.1. The normalized spacial score (nSPS) is 19.7. The van der Waals surface area contributed by atoms with E-state index in [-0.39, 0.29) is 30.2 Å². The van der Waals surface area contributed by atoms with E-state index in [1.807, 2.05) is 24.3 Å². The maximum absolute atomic E-state index is 13.8. The van der Waals surface area contributed by atoms with Crippen LogP contribution in [0.5, 0.6) is 5.75 Å². The molecule has 1 aliphatic rings. The minimum absolute atomic E-state index is 0.00831. The van der Waals surface area contributed by atoms with Gasteiger partial charge in [0.1, 0.15) is 11.6 Å². The molecule has 2 aromatic carbocycles. The van der Waals surface area contributed by atoms with Crippen molar-refractivity contribution >= 4 is 11.8 Å². The number of piperidine rings is 1. The Morgan fingerprint density at radius 2 is 1.93 bits per heavy atom. The van der Waals surface area contributed by atoms with Gasteiger partial charge in [-0.25, -0.2) is 4.39 Å². The largest absolute Gasteiger partial charge is 0.497 e. The van der Waals surface area contributed by atoms with Gasteiger partial charge in [0.25, 0.3) is 0 Å². The number of ether oxygens (including phenoxy) is 1. The smallest absolute Gasteiger partial charge is 0.225 e. The van der Waals surface area contributed by atoms with E-state index in [4.69, 9.17) is 4.74 Å². The Balaban J connectivity index is 1.79. The van der Waals surface area contributed by atoms with Gasteiger partial charge in [-0.1, -0.05) is 30.3 Å². The fraction of sp³-hybridized carbons (Fsp3) is 0.333. The highest BCUT2D eigenvalue weighted by Crippen LogP contribution is 2.36. The van der Waals surface area contributed by atoms with Crippen molar-refractivity contribution in [2.24, 2.45) is 5.92 Å². The number of nitrogens with zero attached hydrogens (tertiary/aromatic N) is 1. The van der Waals surface area contributed by atoms with Crippen LogP contribution in [0.15, 0.2) is 48.5 Å². The molecule has 1 aliphatic heterocycles. The second-order valence-electron chi connectivity index (χ2n) is 6.68. The standard InChI is InChI=1S/C21H23FN2O3/c1-24-19(25)12-11-17(20(24)14-7-9-16(27-2)10-8-14)21(26)23-13-15-5-3-4-6-18(15)22/h3-10,17,20H,11-13H2,1-2H3,(H,23,26)/t17-,20-/m1/s1. The van der Waals surface area contributed by atoms with Gasteiger partial charge in [-0.15, -0.1) is 0 Å². The summed E-state index contributed by atoms with van der Waals surface area (Å²) < 4.78 is 19.0. The first kappa shape index (κ1) is 18.9. The van der Waals surface area contributed by atoms with Crippen LogP contribution in [0, 0.1) is 11.7 Å². The number of rotatable bonds is 5. The van der Waals surface area contributed by atoms with E-state index in [0.717, 1.165) is 5.56 Å². The number of likely N-dealkylation sites (tertiary alicyclic amines) is 1. The average molecular weight is 370 g/mol. The lowest BCUT2D eigenvalue weighted by molar-refractivity contribution is -0.141. The molecule has 0 aliphatic carbocycles. The summed E-state index contributed by atoms with van der Waals surface area (Å²) in [4.78, 5) is 26.7. The molecule has 0 radical (unpaired) electrons. The zero-order chi connectivity index (χ0) is 19.4. The molecule has 5 nitrogen and oxygen atoms in total. The topological polar surface area (TPSA) is 58.6 Å². The summed E-state index contributed by atoms with van der Waals surface area (Å²) in [6, 6.07) is 13.4. The van der Waals surface area contributed by atoms with Crippen molar-refractivity contribution < 1.29 is 18.7 Å². The van der Waals surface area contributed by atoms with E-state index in [1.165, 1.54) is 6.07 Å². The van der Waals surface area contributed by atoms with Crippen LogP contribution >= 0.6 is 0 Å². The Morgan fingerprint density at radius 3 is 2.59 bits per heavy atom. The number of amides is 2. The number of carbonyl (C=O) groups excluding carboxylic acids is 2. The number of benzene rings is 2. The Hall–Kier alpha value is -2.89. The molecule has 1 heterocycles. The van der Waals surface area contributed by atoms with Gasteiger partial charge in [-0.05, 0) is 30.2 Å². The minimum Gasteiger partial charge on any atom is -0.497 e. The first-order valence-corrected chi connectivity index (χ1v) is 8.92. The lowest BCUT2D eigenvalue weighted by Gasteiger charge is -2.38. The third-order valence-corrected chi connectivity index (χ3v) is 5.07. The molecule has 0 bridgehead atoms. The summed E-state index contributed by atoms with van der Waals surface area (Å²) >= 11 is 0. The maximum atomic E-state index is 13.8. The summed E-state index contributed by atoms with van der Waals surface area (Å²) in [5, 5.41) is 2.83. The molecule has 27 heavy (non-hydrogen) atoms. The zero-order valence-corrected chi connectivity index (χ0v) is 15.4. The van der Waals surface area contributed by atoms with Crippen LogP contribution in [0.4, 0.5) is 4.39 Å². The number of nitrogens with one attached hydrogen (secondary N) is 1. The van der Waals surface area contributed by atoms with Crippen molar-refractivity contribution in [2.75, 3.05) is 14.2 Å². The molecule has 1 fully saturated rings. The molecule has 6 heteroatoms. The fourth-order valence-corrected chi connectivity index (χ4v) is 3.52. The highest BCUT2D eigenvalue weighted by molar-refractivity contribution is 5.84. The van der Waals surface area contributed by atoms with Crippen LogP contribution in [-0.2, 0) is 16.1 Å². The summed E-state index contributed by atoms with van der Waals surface area (Å²) in [7, 11) is 3.30. The summed E-state index contributed by atoms with van der Waals surface area (Å²) in [6.45, 7) is 0.120. The lowest BCUT2D eigenvalue weighted by atomic mass is 9.84. The molecule has 0 saturated carbocycles. The first-order chi connectivity index (χ1) is 13.0. The van der Waals surface area contributed by atoms with Crippen LogP contribution in [0.25, 0.3) is 0 Å². The monoisotopic (exact) mass is 370 g/mol. The Morgan fingerprint density at radius 1 is 1.22 bits per heavy atom. The number of carbonyl (C=O) groups is 2. The third kappa shape index (κ3) is 4.10. The molecule has 3 rings (SSSR count). The van der Waals surface area contributed by atoms with Crippen LogP contribution in [-0.4, -0.2) is 30.9 Å². The Labute approximate surface area is 158 Å². The van der Waals surface area contributed by atoms with Gasteiger partial charge < -0.3 is 15.0 Å². The van der Waals surface area contributed by atoms with Gasteiger partial charge in [0, 0.05) is 25.6 Å². The predicted octanol–water partition coefficient (Wildman–Crippen LogP) is 3.06. The number of halogens is 1. The van der Waals surface area contributed by atoms with Gasteiger partial charge in [-0.3, -0.25) is 9.59 Å². The van der Waals surface area contributed by atoms with E-state index in [0.29, 0.717) is 24.2 Å². The number of hydrogen-bond donors (Lipinski definition) is 1. The zero-order valence-electron chi connectivity index (χ0n) is 15.4. The number of hydrogen-bond acceptors (Lipinski definition) is 3. The van der Waals surface area contributed by atoms with E-state index in [1.54, 1.807) is 37.3 Å². The van der Waals surface area contributed by atoms with E-state index >= 15 is 0 Å². The van der Waals surface area contributed by atoms with Crippen molar-refractivity contribution in [3.8, 4) is 5.75 Å². The van der Waals surface area contributed by atoms with Gasteiger partial charge >= 0.3 is 0 Å². The van der Waals surface area contributed by atoms with Gasteiger partial charge in [0.2, 0.25) is 11.8 Å². The van der Waals surface area contributed by atoms with Gasteiger partial charge in [0.05, 0.1) is 19.1 Å². The van der Waals surface area contributed by atoms with Crippen molar-refractivity contribution in [2.45, 2.75) is 25.4 Å². The summed E-state index contributed by atoms with van der Waals surface area (Å²) in [5.41, 5.74) is 1.31. The molecule has 142 valence electrons. The average Bonchev–Trinajstić information content (AvgIpc) is 2.69. The Bertz CT molecular complexity index is 822. The fourth-order valence-electron chi connectivity index (χ4n) is 3.52. The van der Waals surface area contributed by atoms with Gasteiger partial charge in [0.15, 0.2) is 0 Å². The predicted molar refractivity (Wildman–Crippen MR) is 99.5 cm³/mol. The lowest BCUT2D eigenvalue weighted by Crippen LogP contribution is -2.46.